The molecule has 2 rings (SSSR count). The summed E-state index contributed by atoms with van der Waals surface area (Å²) in [6.07, 6.45) is 0.211. The van der Waals surface area contributed by atoms with Crippen LogP contribution in [0.3, 0.4) is 0 Å². The Kier molecular flexibility index (Phi) is 6.48. The SMILES string of the molecule is NS(=O)(=O)c1ccc(S(=O)(=O)NCCNC(=O)Cc2ccccc2)cc1. The van der Waals surface area contributed by atoms with Crippen LogP contribution in [-0.4, -0.2) is 35.8 Å². The Morgan fingerprint density at radius 2 is 1.42 bits per heavy atom. The highest BCUT2D eigenvalue weighted by atomic mass is 32.2. The summed E-state index contributed by atoms with van der Waals surface area (Å²) < 4.78 is 48.9. The van der Waals surface area contributed by atoms with Gasteiger partial charge in [-0.1, -0.05) is 30.3 Å². The van der Waals surface area contributed by atoms with Gasteiger partial charge in [0.15, 0.2) is 0 Å². The van der Waals surface area contributed by atoms with Crippen LogP contribution in [-0.2, 0) is 31.3 Å². The third-order valence-electron chi connectivity index (χ3n) is 3.41. The van der Waals surface area contributed by atoms with Crippen LogP contribution in [0.25, 0.3) is 0 Å². The summed E-state index contributed by atoms with van der Waals surface area (Å²) in [7, 11) is -7.70. The number of hydrogen-bond donors (Lipinski definition) is 3. The number of carbonyl (C=O) groups is 1. The third kappa shape index (κ3) is 5.92. The Hall–Kier alpha value is -2.27. The standard InChI is InChI=1S/C16H19N3O5S2/c17-25(21,22)14-6-8-15(9-7-14)26(23,24)19-11-10-18-16(20)12-13-4-2-1-3-5-13/h1-9,19H,10-12H2,(H,18,20)(H2,17,21,22). The molecule has 0 saturated carbocycles. The molecule has 140 valence electrons. The number of benzene rings is 2. The van der Waals surface area contributed by atoms with Crippen molar-refractivity contribution in [3.8, 4) is 0 Å². The zero-order chi connectivity index (χ0) is 19.2. The fourth-order valence-electron chi connectivity index (χ4n) is 2.12. The van der Waals surface area contributed by atoms with Gasteiger partial charge in [-0.3, -0.25) is 4.79 Å². The normalized spacial score (nSPS) is 11.9. The van der Waals surface area contributed by atoms with Crippen molar-refractivity contribution in [2.24, 2.45) is 5.14 Å². The minimum atomic E-state index is -3.88. The number of primary sulfonamides is 1. The van der Waals surface area contributed by atoms with Gasteiger partial charge in [0.05, 0.1) is 16.2 Å². The molecule has 0 radical (unpaired) electrons. The van der Waals surface area contributed by atoms with Gasteiger partial charge >= 0.3 is 0 Å². The van der Waals surface area contributed by atoms with E-state index in [2.05, 4.69) is 10.0 Å². The summed E-state index contributed by atoms with van der Waals surface area (Å²) in [5, 5.41) is 7.59. The molecule has 0 aliphatic heterocycles. The molecule has 26 heavy (non-hydrogen) atoms. The van der Waals surface area contributed by atoms with Crippen LogP contribution >= 0.6 is 0 Å². The monoisotopic (exact) mass is 397 g/mol. The molecule has 0 aromatic heterocycles. The second-order valence-corrected chi connectivity index (χ2v) is 8.75. The molecule has 0 aliphatic rings. The maximum absolute atomic E-state index is 12.1. The molecule has 0 saturated heterocycles. The summed E-state index contributed by atoms with van der Waals surface area (Å²) in [6, 6.07) is 13.7. The Bertz CT molecular complexity index is 957. The molecule has 2 aromatic carbocycles. The van der Waals surface area contributed by atoms with E-state index in [0.29, 0.717) is 0 Å². The van der Waals surface area contributed by atoms with Crippen LogP contribution in [0.4, 0.5) is 0 Å². The quantitative estimate of drug-likeness (QED) is 0.538. The van der Waals surface area contributed by atoms with Crippen LogP contribution in [0.1, 0.15) is 5.56 Å². The minimum absolute atomic E-state index is 0.000196. The molecule has 0 bridgehead atoms. The first kappa shape index (κ1) is 20.0. The number of rotatable bonds is 8. The van der Waals surface area contributed by atoms with E-state index in [1.807, 2.05) is 30.3 Å². The zero-order valence-electron chi connectivity index (χ0n) is 13.8. The molecule has 0 heterocycles. The van der Waals surface area contributed by atoms with Gasteiger partial charge in [-0.2, -0.15) is 0 Å². The maximum atomic E-state index is 12.1. The fraction of sp³-hybridized carbons (Fsp3) is 0.188. The van der Waals surface area contributed by atoms with Crippen LogP contribution < -0.4 is 15.2 Å². The molecule has 8 nitrogen and oxygen atoms in total. The molecule has 1 amide bonds. The van der Waals surface area contributed by atoms with E-state index < -0.39 is 20.0 Å². The summed E-state index contributed by atoms with van der Waals surface area (Å²) in [5.41, 5.74) is 0.862. The molecular formula is C16H19N3O5S2. The van der Waals surface area contributed by atoms with Gasteiger partial charge in [-0.15, -0.1) is 0 Å². The van der Waals surface area contributed by atoms with Crippen LogP contribution in [0.5, 0.6) is 0 Å². The molecule has 0 spiro atoms. The van der Waals surface area contributed by atoms with Crippen molar-refractivity contribution in [2.75, 3.05) is 13.1 Å². The first-order valence-electron chi connectivity index (χ1n) is 7.62. The lowest BCUT2D eigenvalue weighted by atomic mass is 10.1. The summed E-state index contributed by atoms with van der Waals surface area (Å²) in [5.74, 6) is -0.215. The van der Waals surface area contributed by atoms with Crippen molar-refractivity contribution in [2.45, 2.75) is 16.2 Å². The second kappa shape index (κ2) is 8.41. The van der Waals surface area contributed by atoms with E-state index in [4.69, 9.17) is 5.14 Å². The van der Waals surface area contributed by atoms with Gasteiger partial charge in [0, 0.05) is 13.1 Å². The highest BCUT2D eigenvalue weighted by molar-refractivity contribution is 7.89. The van der Waals surface area contributed by atoms with Crippen LogP contribution in [0.15, 0.2) is 64.4 Å². The van der Waals surface area contributed by atoms with E-state index in [9.17, 15) is 21.6 Å². The Labute approximate surface area is 152 Å². The molecular weight excluding hydrogens is 378 g/mol. The highest BCUT2D eigenvalue weighted by Gasteiger charge is 2.15. The van der Waals surface area contributed by atoms with Gasteiger partial charge in [0.25, 0.3) is 0 Å². The number of nitrogens with two attached hydrogens (primary N) is 1. The van der Waals surface area contributed by atoms with Crippen LogP contribution in [0.2, 0.25) is 0 Å². The van der Waals surface area contributed by atoms with Crippen molar-refractivity contribution in [3.05, 3.63) is 60.2 Å². The lowest BCUT2D eigenvalue weighted by molar-refractivity contribution is -0.120. The molecule has 2 aromatic rings. The van der Waals surface area contributed by atoms with Gasteiger partial charge < -0.3 is 5.32 Å². The molecule has 0 atom stereocenters. The molecule has 10 heteroatoms. The van der Waals surface area contributed by atoms with Crippen molar-refractivity contribution < 1.29 is 21.6 Å². The predicted octanol–water partition coefficient (Wildman–Crippen LogP) is -0.0288. The second-order valence-electron chi connectivity index (χ2n) is 5.43. The third-order valence-corrected chi connectivity index (χ3v) is 5.82. The van der Waals surface area contributed by atoms with Gasteiger partial charge in [0.2, 0.25) is 26.0 Å². The van der Waals surface area contributed by atoms with Crippen molar-refractivity contribution in [1.29, 1.82) is 0 Å². The summed E-state index contributed by atoms with van der Waals surface area (Å²) in [6.45, 7) is 0.125. The predicted molar refractivity (Wildman–Crippen MR) is 96.2 cm³/mol. The lowest BCUT2D eigenvalue weighted by Crippen LogP contribution is -2.35. The Balaban J connectivity index is 1.83. The largest absolute Gasteiger partial charge is 0.355 e. The van der Waals surface area contributed by atoms with E-state index in [0.717, 1.165) is 29.8 Å². The Morgan fingerprint density at radius 1 is 0.846 bits per heavy atom. The van der Waals surface area contributed by atoms with E-state index >= 15 is 0 Å². The number of sulfonamides is 2. The minimum Gasteiger partial charge on any atom is -0.355 e. The van der Waals surface area contributed by atoms with Crippen molar-refractivity contribution >= 4 is 26.0 Å². The van der Waals surface area contributed by atoms with E-state index in [1.165, 1.54) is 0 Å². The van der Waals surface area contributed by atoms with E-state index in [1.54, 1.807) is 0 Å². The number of carbonyl (C=O) groups excluding carboxylic acids is 1. The fourth-order valence-corrected chi connectivity index (χ4v) is 3.67. The van der Waals surface area contributed by atoms with Gasteiger partial charge in [-0.05, 0) is 29.8 Å². The topological polar surface area (TPSA) is 135 Å². The van der Waals surface area contributed by atoms with E-state index in [-0.39, 0.29) is 35.2 Å². The number of amides is 1. The van der Waals surface area contributed by atoms with Gasteiger partial charge in [0.1, 0.15) is 0 Å². The average Bonchev–Trinajstić information content (AvgIpc) is 2.59. The summed E-state index contributed by atoms with van der Waals surface area (Å²) in [4.78, 5) is 11.5. The van der Waals surface area contributed by atoms with Gasteiger partial charge in [-0.25, -0.2) is 26.7 Å². The number of nitrogens with one attached hydrogen (secondary N) is 2. The van der Waals surface area contributed by atoms with Crippen molar-refractivity contribution in [1.82, 2.24) is 10.0 Å². The molecule has 0 unspecified atom stereocenters. The first-order valence-corrected chi connectivity index (χ1v) is 10.6. The number of hydrogen-bond acceptors (Lipinski definition) is 5. The van der Waals surface area contributed by atoms with Crippen molar-refractivity contribution in [3.63, 3.8) is 0 Å². The smallest absolute Gasteiger partial charge is 0.240 e. The first-order chi connectivity index (χ1) is 12.2. The molecule has 0 aliphatic carbocycles. The molecule has 0 fully saturated rings. The van der Waals surface area contributed by atoms with Crippen LogP contribution in [0, 0.1) is 0 Å². The highest BCUT2D eigenvalue weighted by Crippen LogP contribution is 2.12. The summed E-state index contributed by atoms with van der Waals surface area (Å²) >= 11 is 0. The maximum Gasteiger partial charge on any atom is 0.240 e. The lowest BCUT2D eigenvalue weighted by Gasteiger charge is -2.09. The zero-order valence-corrected chi connectivity index (χ0v) is 15.4. The molecule has 4 N–H and O–H groups in total. The average molecular weight is 397 g/mol. The Morgan fingerprint density at radius 3 is 2.00 bits per heavy atom.